The van der Waals surface area contributed by atoms with Gasteiger partial charge in [-0.25, -0.2) is 9.78 Å². The summed E-state index contributed by atoms with van der Waals surface area (Å²) < 4.78 is 2.04. The molecule has 0 radical (unpaired) electrons. The molecule has 4 aromatic rings. The fourth-order valence-electron chi connectivity index (χ4n) is 3.16. The van der Waals surface area contributed by atoms with Gasteiger partial charge in [-0.15, -0.1) is 0 Å². The molecule has 0 amide bonds. The maximum atomic E-state index is 11.0. The summed E-state index contributed by atoms with van der Waals surface area (Å²) in [6.45, 7) is 0.601. The number of aromatic nitrogens is 2. The highest BCUT2D eigenvalue weighted by Crippen LogP contribution is 2.28. The maximum Gasteiger partial charge on any atom is 0.335 e. The standard InChI is InChI=1S/C22H16N2O3/c25-14-16-3-5-17(6-4-16)19-9-11-23-21-20(19)10-12-24(21)13-15-1-7-18(8-2-15)22(26)27/h1-12,14H,13H2,(H,26,27). The van der Waals surface area contributed by atoms with Crippen LogP contribution in [0.25, 0.3) is 22.2 Å². The third-order valence-electron chi connectivity index (χ3n) is 4.57. The van der Waals surface area contributed by atoms with Crippen molar-refractivity contribution in [3.63, 3.8) is 0 Å². The Kier molecular flexibility index (Phi) is 4.26. The van der Waals surface area contributed by atoms with Gasteiger partial charge in [0.05, 0.1) is 5.56 Å². The van der Waals surface area contributed by atoms with Gasteiger partial charge in [0, 0.05) is 29.9 Å². The van der Waals surface area contributed by atoms with Crippen molar-refractivity contribution in [3.05, 3.63) is 89.7 Å². The highest BCUT2D eigenvalue weighted by atomic mass is 16.4. The van der Waals surface area contributed by atoms with E-state index in [9.17, 15) is 9.59 Å². The van der Waals surface area contributed by atoms with Gasteiger partial charge in [0.1, 0.15) is 11.9 Å². The third kappa shape index (κ3) is 3.22. The molecule has 0 bridgehead atoms. The van der Waals surface area contributed by atoms with Crippen LogP contribution in [0.3, 0.4) is 0 Å². The van der Waals surface area contributed by atoms with Crippen LogP contribution >= 0.6 is 0 Å². The molecule has 0 aliphatic rings. The lowest BCUT2D eigenvalue weighted by molar-refractivity contribution is 0.0696. The van der Waals surface area contributed by atoms with Crippen LogP contribution < -0.4 is 0 Å². The van der Waals surface area contributed by atoms with Crippen LogP contribution in [0.15, 0.2) is 73.1 Å². The van der Waals surface area contributed by atoms with Crippen molar-refractivity contribution in [2.24, 2.45) is 0 Å². The number of carboxylic acid groups (broad SMARTS) is 1. The molecule has 27 heavy (non-hydrogen) atoms. The van der Waals surface area contributed by atoms with E-state index >= 15 is 0 Å². The molecule has 2 aromatic carbocycles. The van der Waals surface area contributed by atoms with Crippen molar-refractivity contribution in [1.29, 1.82) is 0 Å². The number of benzene rings is 2. The number of pyridine rings is 1. The van der Waals surface area contributed by atoms with Gasteiger partial charge in [0.2, 0.25) is 0 Å². The van der Waals surface area contributed by atoms with Crippen molar-refractivity contribution in [2.45, 2.75) is 6.54 Å². The van der Waals surface area contributed by atoms with Gasteiger partial charge in [-0.1, -0.05) is 36.4 Å². The number of aromatic carboxylic acids is 1. The van der Waals surface area contributed by atoms with E-state index < -0.39 is 5.97 Å². The average Bonchev–Trinajstić information content (AvgIpc) is 3.11. The first-order valence-corrected chi connectivity index (χ1v) is 8.47. The van der Waals surface area contributed by atoms with Crippen LogP contribution in [0.5, 0.6) is 0 Å². The molecular formula is C22H16N2O3. The van der Waals surface area contributed by atoms with Crippen LogP contribution in [0.2, 0.25) is 0 Å². The zero-order chi connectivity index (χ0) is 18.8. The molecule has 132 valence electrons. The number of carboxylic acids is 1. The molecule has 0 saturated heterocycles. The number of rotatable bonds is 5. The molecular weight excluding hydrogens is 340 g/mol. The lowest BCUT2D eigenvalue weighted by Gasteiger charge is -2.08. The largest absolute Gasteiger partial charge is 0.478 e. The van der Waals surface area contributed by atoms with Crippen molar-refractivity contribution < 1.29 is 14.7 Å². The first kappa shape index (κ1) is 16.7. The Labute approximate surface area is 155 Å². The van der Waals surface area contributed by atoms with Crippen LogP contribution in [-0.4, -0.2) is 26.9 Å². The van der Waals surface area contributed by atoms with Crippen LogP contribution in [-0.2, 0) is 6.54 Å². The third-order valence-corrected chi connectivity index (χ3v) is 4.57. The van der Waals surface area contributed by atoms with Gasteiger partial charge in [-0.05, 0) is 41.0 Å². The second kappa shape index (κ2) is 6.88. The van der Waals surface area contributed by atoms with Crippen molar-refractivity contribution in [1.82, 2.24) is 9.55 Å². The van der Waals surface area contributed by atoms with Crippen molar-refractivity contribution in [2.75, 3.05) is 0 Å². The van der Waals surface area contributed by atoms with E-state index in [1.165, 1.54) is 0 Å². The van der Waals surface area contributed by atoms with E-state index in [1.54, 1.807) is 30.5 Å². The predicted octanol–water partition coefficient (Wildman–Crippen LogP) is 4.26. The maximum absolute atomic E-state index is 11.0. The van der Waals surface area contributed by atoms with Gasteiger partial charge in [0.25, 0.3) is 0 Å². The molecule has 0 atom stereocenters. The normalized spacial score (nSPS) is 10.8. The first-order valence-electron chi connectivity index (χ1n) is 8.47. The molecule has 0 aliphatic heterocycles. The summed E-state index contributed by atoms with van der Waals surface area (Å²) in [6, 6.07) is 18.3. The summed E-state index contributed by atoms with van der Waals surface area (Å²) in [5.74, 6) is -0.931. The van der Waals surface area contributed by atoms with E-state index in [-0.39, 0.29) is 5.56 Å². The highest BCUT2D eigenvalue weighted by molar-refractivity contribution is 5.93. The highest BCUT2D eigenvalue weighted by Gasteiger charge is 2.10. The van der Waals surface area contributed by atoms with E-state index in [0.717, 1.165) is 34.0 Å². The zero-order valence-corrected chi connectivity index (χ0v) is 14.4. The molecule has 1 N–H and O–H groups in total. The van der Waals surface area contributed by atoms with Gasteiger partial charge >= 0.3 is 5.97 Å². The number of carbonyl (C=O) groups is 2. The minimum Gasteiger partial charge on any atom is -0.478 e. The smallest absolute Gasteiger partial charge is 0.335 e. The Morgan fingerprint density at radius 2 is 1.74 bits per heavy atom. The summed E-state index contributed by atoms with van der Waals surface area (Å²) in [4.78, 5) is 26.4. The minimum atomic E-state index is -0.931. The number of carbonyl (C=O) groups excluding carboxylic acids is 1. The summed E-state index contributed by atoms with van der Waals surface area (Å²) in [5.41, 5.74) is 4.85. The summed E-state index contributed by atoms with van der Waals surface area (Å²) in [7, 11) is 0. The summed E-state index contributed by atoms with van der Waals surface area (Å²) in [5, 5.41) is 10.0. The van der Waals surface area contributed by atoms with E-state index in [0.29, 0.717) is 12.1 Å². The predicted molar refractivity (Wildman–Crippen MR) is 103 cm³/mol. The van der Waals surface area contributed by atoms with Crippen molar-refractivity contribution >= 4 is 23.3 Å². The topological polar surface area (TPSA) is 72.2 Å². The summed E-state index contributed by atoms with van der Waals surface area (Å²) >= 11 is 0. The molecule has 2 aromatic heterocycles. The first-order chi connectivity index (χ1) is 13.2. The fourth-order valence-corrected chi connectivity index (χ4v) is 3.16. The van der Waals surface area contributed by atoms with E-state index in [4.69, 9.17) is 5.11 Å². The SMILES string of the molecule is O=Cc1ccc(-c2ccnc3c2ccn3Cc2ccc(C(=O)O)cc2)cc1. The molecule has 0 saturated carbocycles. The molecule has 5 nitrogen and oxygen atoms in total. The van der Waals surface area contributed by atoms with Gasteiger partial charge in [0.15, 0.2) is 0 Å². The Bertz CT molecular complexity index is 1130. The Hall–Kier alpha value is -3.73. The number of nitrogens with zero attached hydrogens (tertiary/aromatic N) is 2. The van der Waals surface area contributed by atoms with Gasteiger partial charge in [-0.2, -0.15) is 0 Å². The molecule has 0 fully saturated rings. The average molecular weight is 356 g/mol. The number of hydrogen-bond donors (Lipinski definition) is 1. The zero-order valence-electron chi connectivity index (χ0n) is 14.4. The second-order valence-corrected chi connectivity index (χ2v) is 6.28. The number of fused-ring (bicyclic) bond motifs is 1. The van der Waals surface area contributed by atoms with E-state index in [2.05, 4.69) is 4.98 Å². The molecule has 0 unspecified atom stereocenters. The van der Waals surface area contributed by atoms with Crippen LogP contribution in [0, 0.1) is 0 Å². The second-order valence-electron chi connectivity index (χ2n) is 6.28. The molecule has 5 heteroatoms. The monoisotopic (exact) mass is 356 g/mol. The minimum absolute atomic E-state index is 0.273. The van der Waals surface area contributed by atoms with Gasteiger partial charge < -0.3 is 9.67 Å². The lowest BCUT2D eigenvalue weighted by atomic mass is 10.0. The van der Waals surface area contributed by atoms with E-state index in [1.807, 2.05) is 47.2 Å². The van der Waals surface area contributed by atoms with Crippen LogP contribution in [0.4, 0.5) is 0 Å². The molecule has 0 spiro atoms. The Balaban J connectivity index is 1.69. The summed E-state index contributed by atoms with van der Waals surface area (Å²) in [6.07, 6.45) is 4.58. The quantitative estimate of drug-likeness (QED) is 0.542. The fraction of sp³-hybridized carbons (Fsp3) is 0.0455. The molecule has 2 heterocycles. The van der Waals surface area contributed by atoms with Crippen molar-refractivity contribution in [3.8, 4) is 11.1 Å². The van der Waals surface area contributed by atoms with Crippen LogP contribution in [0.1, 0.15) is 26.3 Å². The molecule has 0 aliphatic carbocycles. The number of hydrogen-bond acceptors (Lipinski definition) is 3. The molecule has 4 rings (SSSR count). The van der Waals surface area contributed by atoms with Gasteiger partial charge in [-0.3, -0.25) is 4.79 Å². The Morgan fingerprint density at radius 3 is 2.41 bits per heavy atom. The number of aldehydes is 1. The Morgan fingerprint density at radius 1 is 1.00 bits per heavy atom. The lowest BCUT2D eigenvalue weighted by Crippen LogP contribution is -2.01.